The van der Waals surface area contributed by atoms with Crippen LogP contribution in [-0.4, -0.2) is 18.4 Å². The molecule has 7 heteroatoms. The van der Waals surface area contributed by atoms with Crippen LogP contribution >= 0.6 is 0 Å². The highest BCUT2D eigenvalue weighted by molar-refractivity contribution is 6.06. The van der Waals surface area contributed by atoms with Crippen molar-refractivity contribution in [2.24, 2.45) is 0 Å². The summed E-state index contributed by atoms with van der Waals surface area (Å²) in [5.41, 5.74) is 1.65. The Hall–Kier alpha value is -2.83. The fourth-order valence-electron chi connectivity index (χ4n) is 3.82. The van der Waals surface area contributed by atoms with Gasteiger partial charge in [-0.2, -0.15) is 13.2 Å². The lowest BCUT2D eigenvalue weighted by atomic mass is 9.88. The number of nitrogens with one attached hydrogen (secondary N) is 1. The highest BCUT2D eigenvalue weighted by Crippen LogP contribution is 2.38. The van der Waals surface area contributed by atoms with Crippen molar-refractivity contribution in [3.63, 3.8) is 0 Å². The highest BCUT2D eigenvalue weighted by Gasteiger charge is 2.36. The van der Waals surface area contributed by atoms with Gasteiger partial charge in [0.15, 0.2) is 0 Å². The van der Waals surface area contributed by atoms with Gasteiger partial charge in [0.1, 0.15) is 0 Å². The molecule has 140 valence electrons. The van der Waals surface area contributed by atoms with E-state index >= 15 is 0 Å². The zero-order valence-electron chi connectivity index (χ0n) is 14.3. The number of amides is 2. The van der Waals surface area contributed by atoms with Gasteiger partial charge in [-0.05, 0) is 48.2 Å². The summed E-state index contributed by atoms with van der Waals surface area (Å²) in [7, 11) is 0. The van der Waals surface area contributed by atoms with Gasteiger partial charge in [-0.15, -0.1) is 0 Å². The second-order valence-corrected chi connectivity index (χ2v) is 6.83. The molecular weight excluding hydrogens is 357 g/mol. The minimum absolute atomic E-state index is 0.0301. The number of anilines is 2. The minimum atomic E-state index is -4.41. The SMILES string of the molecule is O=C1C[C@H](C(=O)N2CCCc3cc(C(F)(F)F)ccc32)c2ccccc2N1. The van der Waals surface area contributed by atoms with E-state index in [-0.39, 0.29) is 18.2 Å². The topological polar surface area (TPSA) is 49.4 Å². The molecule has 2 aromatic carbocycles. The third kappa shape index (κ3) is 3.18. The molecule has 0 radical (unpaired) electrons. The van der Waals surface area contributed by atoms with Crippen LogP contribution in [0.1, 0.15) is 35.4 Å². The molecule has 0 spiro atoms. The lowest BCUT2D eigenvalue weighted by Crippen LogP contribution is -2.41. The van der Waals surface area contributed by atoms with Crippen LogP contribution < -0.4 is 10.2 Å². The maximum atomic E-state index is 13.2. The van der Waals surface area contributed by atoms with E-state index in [1.807, 2.05) is 0 Å². The van der Waals surface area contributed by atoms with Crippen molar-refractivity contribution in [1.82, 2.24) is 0 Å². The number of aryl methyl sites for hydroxylation is 1. The summed E-state index contributed by atoms with van der Waals surface area (Å²) in [6, 6.07) is 10.6. The molecule has 0 bridgehead atoms. The van der Waals surface area contributed by atoms with E-state index in [2.05, 4.69) is 5.32 Å². The van der Waals surface area contributed by atoms with Crippen LogP contribution in [0.2, 0.25) is 0 Å². The Kier molecular flexibility index (Phi) is 4.17. The Labute approximate surface area is 154 Å². The predicted molar refractivity (Wildman–Crippen MR) is 94.5 cm³/mol. The Balaban J connectivity index is 1.70. The number of nitrogens with zero attached hydrogens (tertiary/aromatic N) is 1. The number of fused-ring (bicyclic) bond motifs is 2. The van der Waals surface area contributed by atoms with Crippen LogP contribution in [0.4, 0.5) is 24.5 Å². The molecule has 0 fully saturated rings. The van der Waals surface area contributed by atoms with E-state index < -0.39 is 17.7 Å². The Morgan fingerprint density at radius 1 is 1.15 bits per heavy atom. The highest BCUT2D eigenvalue weighted by atomic mass is 19.4. The second kappa shape index (κ2) is 6.40. The zero-order chi connectivity index (χ0) is 19.2. The van der Waals surface area contributed by atoms with Gasteiger partial charge in [-0.1, -0.05) is 18.2 Å². The van der Waals surface area contributed by atoms with E-state index in [0.717, 1.165) is 17.7 Å². The summed E-state index contributed by atoms with van der Waals surface area (Å²) < 4.78 is 39.0. The lowest BCUT2D eigenvalue weighted by Gasteiger charge is -2.34. The van der Waals surface area contributed by atoms with Gasteiger partial charge >= 0.3 is 6.18 Å². The molecule has 0 saturated heterocycles. The molecule has 0 aliphatic carbocycles. The van der Waals surface area contributed by atoms with Crippen molar-refractivity contribution in [3.05, 3.63) is 59.2 Å². The molecule has 4 nitrogen and oxygen atoms in total. The number of rotatable bonds is 1. The predicted octanol–water partition coefficient (Wildman–Crippen LogP) is 4.11. The minimum Gasteiger partial charge on any atom is -0.326 e. The molecule has 0 saturated carbocycles. The average molecular weight is 374 g/mol. The van der Waals surface area contributed by atoms with Crippen LogP contribution in [0.5, 0.6) is 0 Å². The molecule has 0 aromatic heterocycles. The molecule has 2 aliphatic heterocycles. The summed E-state index contributed by atoms with van der Waals surface area (Å²) in [5, 5.41) is 2.76. The molecular formula is C20H17F3N2O2. The number of alkyl halides is 3. The summed E-state index contributed by atoms with van der Waals surface area (Å²) >= 11 is 0. The average Bonchev–Trinajstić information content (AvgIpc) is 2.65. The fourth-order valence-corrected chi connectivity index (χ4v) is 3.82. The first-order valence-electron chi connectivity index (χ1n) is 8.75. The number of carbonyl (C=O) groups is 2. The van der Waals surface area contributed by atoms with Crippen LogP contribution in [0.25, 0.3) is 0 Å². The number of halogens is 3. The fraction of sp³-hybridized carbons (Fsp3) is 0.300. The molecule has 2 amide bonds. The standard InChI is InChI=1S/C20H17F3N2O2/c21-20(22,23)13-7-8-17-12(10-13)4-3-9-25(17)19(27)15-11-18(26)24-16-6-2-1-5-14(15)16/h1-2,5-8,10,15H,3-4,9,11H2,(H,24,26)/t15-/m0/s1. The first-order chi connectivity index (χ1) is 12.8. The molecule has 2 aliphatic rings. The van der Waals surface area contributed by atoms with Crippen molar-refractivity contribution >= 4 is 23.2 Å². The van der Waals surface area contributed by atoms with Crippen molar-refractivity contribution < 1.29 is 22.8 Å². The van der Waals surface area contributed by atoms with Crippen molar-refractivity contribution in [2.75, 3.05) is 16.8 Å². The quantitative estimate of drug-likeness (QED) is 0.817. The van der Waals surface area contributed by atoms with Gasteiger partial charge in [0, 0.05) is 24.3 Å². The molecule has 2 heterocycles. The van der Waals surface area contributed by atoms with E-state index in [9.17, 15) is 22.8 Å². The van der Waals surface area contributed by atoms with E-state index in [1.165, 1.54) is 11.0 Å². The van der Waals surface area contributed by atoms with Crippen LogP contribution in [0.15, 0.2) is 42.5 Å². The summed E-state index contributed by atoms with van der Waals surface area (Å²) in [6.07, 6.45) is -3.31. The molecule has 4 rings (SSSR count). The van der Waals surface area contributed by atoms with Gasteiger partial charge in [0.05, 0.1) is 11.5 Å². The summed E-state index contributed by atoms with van der Waals surface area (Å²) in [4.78, 5) is 26.8. The van der Waals surface area contributed by atoms with Gasteiger partial charge in [-0.3, -0.25) is 9.59 Å². The molecule has 1 N–H and O–H groups in total. The molecule has 1 atom stereocenters. The largest absolute Gasteiger partial charge is 0.416 e. The van der Waals surface area contributed by atoms with Crippen molar-refractivity contribution in [3.8, 4) is 0 Å². The Bertz CT molecular complexity index is 924. The molecule has 27 heavy (non-hydrogen) atoms. The third-order valence-electron chi connectivity index (χ3n) is 5.09. The van der Waals surface area contributed by atoms with Gasteiger partial charge in [0.25, 0.3) is 0 Å². The number of hydrogen-bond acceptors (Lipinski definition) is 2. The number of benzene rings is 2. The second-order valence-electron chi connectivity index (χ2n) is 6.83. The van der Waals surface area contributed by atoms with Crippen molar-refractivity contribution in [2.45, 2.75) is 31.4 Å². The first kappa shape index (κ1) is 17.6. The maximum absolute atomic E-state index is 13.2. The normalized spacial score (nSPS) is 19.1. The maximum Gasteiger partial charge on any atom is 0.416 e. The van der Waals surface area contributed by atoms with E-state index in [4.69, 9.17) is 0 Å². The lowest BCUT2D eigenvalue weighted by molar-refractivity contribution is -0.137. The van der Waals surface area contributed by atoms with E-state index in [0.29, 0.717) is 36.3 Å². The molecule has 2 aromatic rings. The number of para-hydroxylation sites is 1. The molecule has 0 unspecified atom stereocenters. The smallest absolute Gasteiger partial charge is 0.326 e. The van der Waals surface area contributed by atoms with Crippen LogP contribution in [0.3, 0.4) is 0 Å². The van der Waals surface area contributed by atoms with Gasteiger partial charge in [-0.25, -0.2) is 0 Å². The summed E-state index contributed by atoms with van der Waals surface area (Å²) in [6.45, 7) is 0.428. The van der Waals surface area contributed by atoms with Crippen molar-refractivity contribution in [1.29, 1.82) is 0 Å². The number of carbonyl (C=O) groups excluding carboxylic acids is 2. The Morgan fingerprint density at radius 2 is 1.93 bits per heavy atom. The first-order valence-corrected chi connectivity index (χ1v) is 8.75. The van der Waals surface area contributed by atoms with Gasteiger partial charge < -0.3 is 10.2 Å². The van der Waals surface area contributed by atoms with Crippen LogP contribution in [-0.2, 0) is 22.2 Å². The Morgan fingerprint density at radius 3 is 2.70 bits per heavy atom. The van der Waals surface area contributed by atoms with Crippen LogP contribution in [0, 0.1) is 0 Å². The number of hydrogen-bond donors (Lipinski definition) is 1. The van der Waals surface area contributed by atoms with Gasteiger partial charge in [0.2, 0.25) is 11.8 Å². The third-order valence-corrected chi connectivity index (χ3v) is 5.09. The monoisotopic (exact) mass is 374 g/mol. The van der Waals surface area contributed by atoms with E-state index in [1.54, 1.807) is 24.3 Å². The summed E-state index contributed by atoms with van der Waals surface area (Å²) in [5.74, 6) is -1.13. The zero-order valence-corrected chi connectivity index (χ0v) is 14.3.